The van der Waals surface area contributed by atoms with Crippen LogP contribution in [0.2, 0.25) is 0 Å². The number of nitrogens with one attached hydrogen (secondary N) is 2. The summed E-state index contributed by atoms with van der Waals surface area (Å²) < 4.78 is 10.7. The molecular weight excluding hydrogens is 454 g/mol. The van der Waals surface area contributed by atoms with Gasteiger partial charge in [-0.05, 0) is 87.7 Å². The highest BCUT2D eigenvalue weighted by Gasteiger charge is 2.29. The van der Waals surface area contributed by atoms with Gasteiger partial charge in [0.05, 0.1) is 7.11 Å². The first-order valence-electron chi connectivity index (χ1n) is 13.2. The van der Waals surface area contributed by atoms with Crippen LogP contribution in [0.15, 0.2) is 48.5 Å². The van der Waals surface area contributed by atoms with Gasteiger partial charge < -0.3 is 20.1 Å². The highest BCUT2D eigenvalue weighted by molar-refractivity contribution is 5.92. The van der Waals surface area contributed by atoms with Crippen LogP contribution in [0.3, 0.4) is 0 Å². The SMILES string of the molecule is COc1ccc(OCC(=O)Nc2cccc(C(C)N3CCC(C(=O)NC4CCCCC4)CC3)c2)cc1. The van der Waals surface area contributed by atoms with E-state index in [1.807, 2.05) is 18.2 Å². The van der Waals surface area contributed by atoms with Crippen LogP contribution in [0, 0.1) is 5.92 Å². The number of nitrogens with zero attached hydrogens (tertiary/aromatic N) is 1. The average Bonchev–Trinajstić information content (AvgIpc) is 2.92. The normalized spacial score (nSPS) is 18.3. The number of piperidine rings is 1. The van der Waals surface area contributed by atoms with Gasteiger partial charge in [0.2, 0.25) is 5.91 Å². The molecule has 7 nitrogen and oxygen atoms in total. The standard InChI is InChI=1S/C29H39N3O4/c1-21(32-17-15-22(16-18-32)29(34)31-24-8-4-3-5-9-24)23-7-6-10-25(19-23)30-28(33)20-36-27-13-11-26(35-2)12-14-27/h6-7,10-14,19,21-22,24H,3-5,8-9,15-18,20H2,1-2H3,(H,30,33)(H,31,34). The maximum atomic E-state index is 12.7. The number of benzene rings is 2. The lowest BCUT2D eigenvalue weighted by molar-refractivity contribution is -0.127. The number of methoxy groups -OCH3 is 1. The van der Waals surface area contributed by atoms with Crippen LogP contribution in [0.1, 0.15) is 63.5 Å². The third-order valence-corrected chi connectivity index (χ3v) is 7.48. The number of amides is 2. The highest BCUT2D eigenvalue weighted by Crippen LogP contribution is 2.29. The molecule has 1 unspecified atom stereocenters. The number of carbonyl (C=O) groups is 2. The summed E-state index contributed by atoms with van der Waals surface area (Å²) in [5.41, 5.74) is 1.90. The minimum absolute atomic E-state index is 0.0669. The van der Waals surface area contributed by atoms with Crippen LogP contribution < -0.4 is 20.1 Å². The molecule has 1 saturated heterocycles. The number of likely N-dealkylation sites (tertiary alicyclic amines) is 1. The molecule has 1 atom stereocenters. The monoisotopic (exact) mass is 493 g/mol. The van der Waals surface area contributed by atoms with Crippen molar-refractivity contribution in [2.75, 3.05) is 32.1 Å². The lowest BCUT2D eigenvalue weighted by Gasteiger charge is -2.36. The van der Waals surface area contributed by atoms with Crippen LogP contribution in [0.4, 0.5) is 5.69 Å². The first kappa shape index (κ1) is 26.0. The first-order chi connectivity index (χ1) is 17.5. The Morgan fingerprint density at radius 3 is 2.36 bits per heavy atom. The van der Waals surface area contributed by atoms with E-state index in [0.29, 0.717) is 11.8 Å². The largest absolute Gasteiger partial charge is 0.497 e. The van der Waals surface area contributed by atoms with Crippen molar-refractivity contribution >= 4 is 17.5 Å². The minimum atomic E-state index is -0.208. The molecule has 2 N–H and O–H groups in total. The molecule has 0 aromatic heterocycles. The Bertz CT molecular complexity index is 996. The number of carbonyl (C=O) groups excluding carboxylic acids is 2. The quantitative estimate of drug-likeness (QED) is 0.518. The van der Waals surface area contributed by atoms with Crippen LogP contribution in [-0.4, -0.2) is 49.6 Å². The zero-order chi connectivity index (χ0) is 25.3. The Kier molecular flexibility index (Phi) is 9.23. The summed E-state index contributed by atoms with van der Waals surface area (Å²) >= 11 is 0. The van der Waals surface area contributed by atoms with Crippen LogP contribution >= 0.6 is 0 Å². The summed E-state index contributed by atoms with van der Waals surface area (Å²) in [5.74, 6) is 1.51. The summed E-state index contributed by atoms with van der Waals surface area (Å²) in [4.78, 5) is 27.6. The number of anilines is 1. The summed E-state index contributed by atoms with van der Waals surface area (Å²) in [7, 11) is 1.61. The van der Waals surface area contributed by atoms with Gasteiger partial charge in [0.25, 0.3) is 5.91 Å². The Morgan fingerprint density at radius 1 is 0.972 bits per heavy atom. The second kappa shape index (κ2) is 12.8. The predicted molar refractivity (Wildman–Crippen MR) is 141 cm³/mol. The van der Waals surface area contributed by atoms with Gasteiger partial charge in [0.15, 0.2) is 6.61 Å². The van der Waals surface area contributed by atoms with E-state index >= 15 is 0 Å². The van der Waals surface area contributed by atoms with Crippen LogP contribution in [0.5, 0.6) is 11.5 Å². The van der Waals surface area contributed by atoms with Gasteiger partial charge in [0.1, 0.15) is 11.5 Å². The molecule has 2 fully saturated rings. The molecule has 1 aliphatic heterocycles. The molecule has 0 bridgehead atoms. The fourth-order valence-corrected chi connectivity index (χ4v) is 5.22. The Labute approximate surface area is 214 Å². The van der Waals surface area contributed by atoms with Crippen molar-refractivity contribution in [3.63, 3.8) is 0 Å². The lowest BCUT2D eigenvalue weighted by Crippen LogP contribution is -2.44. The van der Waals surface area contributed by atoms with E-state index in [-0.39, 0.29) is 30.4 Å². The highest BCUT2D eigenvalue weighted by atomic mass is 16.5. The Balaban J connectivity index is 1.24. The van der Waals surface area contributed by atoms with E-state index in [4.69, 9.17) is 9.47 Å². The summed E-state index contributed by atoms with van der Waals surface area (Å²) in [5, 5.41) is 6.24. The molecule has 1 saturated carbocycles. The number of hydrogen-bond donors (Lipinski definition) is 2. The number of hydrogen-bond acceptors (Lipinski definition) is 5. The maximum absolute atomic E-state index is 12.7. The van der Waals surface area contributed by atoms with Crippen molar-refractivity contribution in [1.29, 1.82) is 0 Å². The summed E-state index contributed by atoms with van der Waals surface area (Å²) in [6, 6.07) is 15.7. The van der Waals surface area contributed by atoms with Gasteiger partial charge in [-0.1, -0.05) is 31.4 Å². The van der Waals surface area contributed by atoms with Crippen molar-refractivity contribution < 1.29 is 19.1 Å². The van der Waals surface area contributed by atoms with E-state index in [9.17, 15) is 9.59 Å². The summed E-state index contributed by atoms with van der Waals surface area (Å²) in [6.07, 6.45) is 7.80. The topological polar surface area (TPSA) is 79.9 Å². The van der Waals surface area contributed by atoms with Crippen molar-refractivity contribution in [2.45, 2.75) is 64.0 Å². The molecule has 4 rings (SSSR count). The Hall–Kier alpha value is -3.06. The smallest absolute Gasteiger partial charge is 0.262 e. The van der Waals surface area contributed by atoms with Crippen LogP contribution in [0.25, 0.3) is 0 Å². The van der Waals surface area contributed by atoms with E-state index in [0.717, 1.165) is 55.8 Å². The molecule has 7 heteroatoms. The molecule has 36 heavy (non-hydrogen) atoms. The van der Waals surface area contributed by atoms with E-state index in [1.165, 1.54) is 19.3 Å². The molecule has 2 aromatic carbocycles. The molecule has 2 amide bonds. The summed E-state index contributed by atoms with van der Waals surface area (Å²) in [6.45, 7) is 3.92. The van der Waals surface area contributed by atoms with E-state index < -0.39 is 0 Å². The lowest BCUT2D eigenvalue weighted by atomic mass is 9.91. The van der Waals surface area contributed by atoms with Gasteiger partial charge in [0, 0.05) is 23.7 Å². The van der Waals surface area contributed by atoms with E-state index in [1.54, 1.807) is 31.4 Å². The third kappa shape index (κ3) is 7.23. The van der Waals surface area contributed by atoms with Crippen LogP contribution in [-0.2, 0) is 9.59 Å². The zero-order valence-electron chi connectivity index (χ0n) is 21.5. The van der Waals surface area contributed by atoms with Gasteiger partial charge in [-0.15, -0.1) is 0 Å². The van der Waals surface area contributed by atoms with Crippen molar-refractivity contribution in [3.05, 3.63) is 54.1 Å². The average molecular weight is 494 g/mol. The number of ether oxygens (including phenoxy) is 2. The molecule has 1 heterocycles. The molecular formula is C29H39N3O4. The van der Waals surface area contributed by atoms with E-state index in [2.05, 4.69) is 28.5 Å². The minimum Gasteiger partial charge on any atom is -0.497 e. The second-order valence-corrected chi connectivity index (χ2v) is 9.97. The fourth-order valence-electron chi connectivity index (χ4n) is 5.22. The number of rotatable bonds is 9. The molecule has 2 aromatic rings. The molecule has 194 valence electrons. The fraction of sp³-hybridized carbons (Fsp3) is 0.517. The van der Waals surface area contributed by atoms with Crippen molar-refractivity contribution in [1.82, 2.24) is 10.2 Å². The first-order valence-corrected chi connectivity index (χ1v) is 13.2. The third-order valence-electron chi connectivity index (χ3n) is 7.48. The Morgan fingerprint density at radius 2 is 1.67 bits per heavy atom. The predicted octanol–water partition coefficient (Wildman–Crippen LogP) is 4.93. The van der Waals surface area contributed by atoms with Gasteiger partial charge >= 0.3 is 0 Å². The van der Waals surface area contributed by atoms with Crippen molar-refractivity contribution in [2.24, 2.45) is 5.92 Å². The van der Waals surface area contributed by atoms with Crippen molar-refractivity contribution in [3.8, 4) is 11.5 Å². The zero-order valence-corrected chi connectivity index (χ0v) is 21.5. The second-order valence-electron chi connectivity index (χ2n) is 9.97. The molecule has 0 radical (unpaired) electrons. The van der Waals surface area contributed by atoms with Gasteiger partial charge in [-0.3, -0.25) is 14.5 Å². The molecule has 2 aliphatic rings. The van der Waals surface area contributed by atoms with Gasteiger partial charge in [-0.25, -0.2) is 0 Å². The molecule has 0 spiro atoms. The molecule has 1 aliphatic carbocycles. The van der Waals surface area contributed by atoms with Gasteiger partial charge in [-0.2, -0.15) is 0 Å². The maximum Gasteiger partial charge on any atom is 0.262 e.